The Hall–Kier alpha value is -2.98. The van der Waals surface area contributed by atoms with Crippen molar-refractivity contribution in [3.8, 4) is 11.1 Å². The van der Waals surface area contributed by atoms with E-state index >= 15 is 0 Å². The van der Waals surface area contributed by atoms with Crippen LogP contribution < -0.4 is 11.1 Å². The van der Waals surface area contributed by atoms with E-state index in [9.17, 15) is 4.79 Å². The number of benzene rings is 2. The molecular weight excluding hydrogens is 370 g/mol. The molecule has 30 heavy (non-hydrogen) atoms. The molecule has 2 aromatic carbocycles. The van der Waals surface area contributed by atoms with Gasteiger partial charge in [-0.1, -0.05) is 74.0 Å². The molecule has 3 rings (SSSR count). The largest absolute Gasteiger partial charge is 0.326 e. The van der Waals surface area contributed by atoms with Crippen LogP contribution in [-0.4, -0.2) is 10.9 Å². The summed E-state index contributed by atoms with van der Waals surface area (Å²) in [6.07, 6.45) is 1.17. The molecule has 0 fully saturated rings. The molecule has 0 unspecified atom stereocenters. The summed E-state index contributed by atoms with van der Waals surface area (Å²) in [5.41, 5.74) is 14.0. The summed E-state index contributed by atoms with van der Waals surface area (Å²) < 4.78 is 0. The van der Waals surface area contributed by atoms with Crippen LogP contribution in [0.15, 0.2) is 54.6 Å². The van der Waals surface area contributed by atoms with Crippen molar-refractivity contribution in [2.75, 3.05) is 5.32 Å². The van der Waals surface area contributed by atoms with Gasteiger partial charge in [-0.15, -0.1) is 0 Å². The summed E-state index contributed by atoms with van der Waals surface area (Å²) in [4.78, 5) is 17.7. The third kappa shape index (κ3) is 5.14. The lowest BCUT2D eigenvalue weighted by molar-refractivity contribution is -0.115. The van der Waals surface area contributed by atoms with Crippen molar-refractivity contribution in [1.29, 1.82) is 0 Å². The number of aryl methyl sites for hydroxylation is 2. The molecule has 0 saturated heterocycles. The first-order valence-corrected chi connectivity index (χ1v) is 10.5. The van der Waals surface area contributed by atoms with Crippen molar-refractivity contribution < 1.29 is 4.79 Å². The average molecular weight is 402 g/mol. The summed E-state index contributed by atoms with van der Waals surface area (Å²) in [6, 6.07) is 18.1. The van der Waals surface area contributed by atoms with Crippen LogP contribution >= 0.6 is 0 Å². The lowest BCUT2D eigenvalue weighted by Crippen LogP contribution is -2.19. The second-order valence-corrected chi connectivity index (χ2v) is 8.25. The minimum atomic E-state index is -0.0564. The summed E-state index contributed by atoms with van der Waals surface area (Å²) in [5.74, 6) is 0.408. The molecular formula is C26H31N3O. The predicted molar refractivity (Wildman–Crippen MR) is 124 cm³/mol. The maximum absolute atomic E-state index is 12.9. The van der Waals surface area contributed by atoms with Gasteiger partial charge in [0.2, 0.25) is 5.91 Å². The van der Waals surface area contributed by atoms with E-state index in [4.69, 9.17) is 10.7 Å². The van der Waals surface area contributed by atoms with Crippen LogP contribution in [0.2, 0.25) is 0 Å². The van der Waals surface area contributed by atoms with Crippen LogP contribution in [0.25, 0.3) is 11.1 Å². The zero-order valence-electron chi connectivity index (χ0n) is 18.3. The molecule has 1 aromatic heterocycles. The van der Waals surface area contributed by atoms with Crippen LogP contribution in [0.1, 0.15) is 41.9 Å². The van der Waals surface area contributed by atoms with Crippen LogP contribution in [0.4, 0.5) is 5.69 Å². The highest BCUT2D eigenvalue weighted by Gasteiger charge is 2.20. The smallest absolute Gasteiger partial charge is 0.228 e. The number of aromatic nitrogens is 1. The van der Waals surface area contributed by atoms with E-state index in [1.807, 2.05) is 37.3 Å². The number of amides is 1. The number of carbonyl (C=O) groups excluding carboxylic acids is 1. The SMILES string of the molecule is Cc1ccc(-c2c(CN)c(CC(C)C)nc(C)c2NC(=O)Cc2ccccc2)cc1. The number of hydrogen-bond acceptors (Lipinski definition) is 3. The predicted octanol–water partition coefficient (Wildman–Crippen LogP) is 5.20. The van der Waals surface area contributed by atoms with Crippen LogP contribution in [0.5, 0.6) is 0 Å². The zero-order valence-corrected chi connectivity index (χ0v) is 18.3. The first-order chi connectivity index (χ1) is 14.4. The van der Waals surface area contributed by atoms with Crippen molar-refractivity contribution in [2.45, 2.75) is 47.1 Å². The molecule has 0 aliphatic carbocycles. The second kappa shape index (κ2) is 9.68. The van der Waals surface area contributed by atoms with Crippen molar-refractivity contribution >= 4 is 11.6 Å². The molecule has 0 atom stereocenters. The van der Waals surface area contributed by atoms with Gasteiger partial charge in [-0.3, -0.25) is 9.78 Å². The van der Waals surface area contributed by atoms with Gasteiger partial charge in [0, 0.05) is 17.8 Å². The van der Waals surface area contributed by atoms with Crippen LogP contribution in [-0.2, 0) is 24.2 Å². The van der Waals surface area contributed by atoms with E-state index in [0.29, 0.717) is 18.9 Å². The zero-order chi connectivity index (χ0) is 21.7. The molecule has 1 heterocycles. The van der Waals surface area contributed by atoms with E-state index in [2.05, 4.69) is 50.4 Å². The Morgan fingerprint density at radius 3 is 2.30 bits per heavy atom. The number of carbonyl (C=O) groups is 1. The van der Waals surface area contributed by atoms with Crippen molar-refractivity contribution in [1.82, 2.24) is 4.98 Å². The first kappa shape index (κ1) is 21.7. The fourth-order valence-electron chi connectivity index (χ4n) is 3.73. The summed E-state index contributed by atoms with van der Waals surface area (Å²) >= 11 is 0. The normalized spacial score (nSPS) is 11.0. The second-order valence-electron chi connectivity index (χ2n) is 8.25. The number of nitrogens with zero attached hydrogens (tertiary/aromatic N) is 1. The molecule has 0 saturated carbocycles. The minimum absolute atomic E-state index is 0.0564. The van der Waals surface area contributed by atoms with Gasteiger partial charge < -0.3 is 11.1 Å². The quantitative estimate of drug-likeness (QED) is 0.571. The molecule has 156 valence electrons. The number of nitrogens with two attached hydrogens (primary N) is 1. The Balaban J connectivity index is 2.08. The Labute approximate surface area is 179 Å². The van der Waals surface area contributed by atoms with E-state index < -0.39 is 0 Å². The van der Waals surface area contributed by atoms with E-state index in [1.165, 1.54) is 5.56 Å². The fraction of sp³-hybridized carbons (Fsp3) is 0.308. The van der Waals surface area contributed by atoms with Gasteiger partial charge in [0.1, 0.15) is 0 Å². The van der Waals surface area contributed by atoms with Crippen molar-refractivity contribution in [3.63, 3.8) is 0 Å². The number of hydrogen-bond donors (Lipinski definition) is 2. The van der Waals surface area contributed by atoms with E-state index in [1.54, 1.807) is 0 Å². The maximum Gasteiger partial charge on any atom is 0.228 e. The summed E-state index contributed by atoms with van der Waals surface area (Å²) in [6.45, 7) is 8.76. The molecule has 4 heteroatoms. The highest BCUT2D eigenvalue weighted by molar-refractivity contribution is 5.98. The maximum atomic E-state index is 12.9. The standard InChI is InChI=1S/C26H31N3O/c1-17(2)14-23-22(16-27)25(21-12-10-18(3)11-13-21)26(19(4)28-23)29-24(30)15-20-8-6-5-7-9-20/h5-13,17H,14-16,27H2,1-4H3,(H,29,30). The minimum Gasteiger partial charge on any atom is -0.326 e. The van der Waals surface area contributed by atoms with Gasteiger partial charge in [-0.05, 0) is 42.9 Å². The van der Waals surface area contributed by atoms with Gasteiger partial charge in [-0.25, -0.2) is 0 Å². The Kier molecular flexibility index (Phi) is 7.01. The van der Waals surface area contributed by atoms with Crippen LogP contribution in [0.3, 0.4) is 0 Å². The molecule has 4 nitrogen and oxygen atoms in total. The molecule has 1 amide bonds. The van der Waals surface area contributed by atoms with Crippen molar-refractivity contribution in [2.24, 2.45) is 11.7 Å². The molecule has 0 spiro atoms. The highest BCUT2D eigenvalue weighted by Crippen LogP contribution is 2.36. The number of nitrogens with one attached hydrogen (secondary N) is 1. The molecule has 3 N–H and O–H groups in total. The fourth-order valence-corrected chi connectivity index (χ4v) is 3.73. The molecule has 0 bridgehead atoms. The van der Waals surface area contributed by atoms with Gasteiger partial charge >= 0.3 is 0 Å². The number of anilines is 1. The van der Waals surface area contributed by atoms with Crippen molar-refractivity contribution in [3.05, 3.63) is 82.7 Å². The number of pyridine rings is 1. The molecule has 0 aliphatic rings. The highest BCUT2D eigenvalue weighted by atomic mass is 16.1. The van der Waals surface area contributed by atoms with Gasteiger partial charge in [0.15, 0.2) is 0 Å². The molecule has 0 aliphatic heterocycles. The van der Waals surface area contributed by atoms with Gasteiger partial charge in [0.05, 0.1) is 17.8 Å². The lowest BCUT2D eigenvalue weighted by Gasteiger charge is -2.21. The average Bonchev–Trinajstić information content (AvgIpc) is 2.70. The Bertz CT molecular complexity index is 1010. The van der Waals surface area contributed by atoms with E-state index in [-0.39, 0.29) is 5.91 Å². The molecule has 0 radical (unpaired) electrons. The monoisotopic (exact) mass is 401 g/mol. The number of rotatable bonds is 7. The van der Waals surface area contributed by atoms with E-state index in [0.717, 1.165) is 45.7 Å². The summed E-state index contributed by atoms with van der Waals surface area (Å²) in [7, 11) is 0. The Morgan fingerprint density at radius 1 is 1.03 bits per heavy atom. The van der Waals surface area contributed by atoms with Gasteiger partial charge in [-0.2, -0.15) is 0 Å². The lowest BCUT2D eigenvalue weighted by atomic mass is 9.92. The van der Waals surface area contributed by atoms with Gasteiger partial charge in [0.25, 0.3) is 0 Å². The summed E-state index contributed by atoms with van der Waals surface area (Å²) in [5, 5.41) is 3.14. The third-order valence-corrected chi connectivity index (χ3v) is 5.18. The molecule has 3 aromatic rings. The Morgan fingerprint density at radius 2 is 1.70 bits per heavy atom. The topological polar surface area (TPSA) is 68.0 Å². The third-order valence-electron chi connectivity index (χ3n) is 5.18. The van der Waals surface area contributed by atoms with Crippen LogP contribution in [0, 0.1) is 19.8 Å². The first-order valence-electron chi connectivity index (χ1n) is 10.5.